The van der Waals surface area contributed by atoms with Gasteiger partial charge in [0.15, 0.2) is 5.69 Å². The van der Waals surface area contributed by atoms with Crippen LogP contribution in [0.2, 0.25) is 0 Å². The second-order valence-electron chi connectivity index (χ2n) is 4.71. The highest BCUT2D eigenvalue weighted by molar-refractivity contribution is 9.10. The fraction of sp³-hybridized carbons (Fsp3) is 0.133. The van der Waals surface area contributed by atoms with Crippen molar-refractivity contribution < 1.29 is 4.79 Å². The first-order valence-corrected chi connectivity index (χ1v) is 7.30. The molecule has 2 N–H and O–H groups in total. The minimum atomic E-state index is -0.225. The molecule has 106 valence electrons. The number of halogens is 1. The van der Waals surface area contributed by atoms with Crippen LogP contribution in [0.4, 0.5) is 0 Å². The molecule has 0 aliphatic carbocycles. The summed E-state index contributed by atoms with van der Waals surface area (Å²) in [6.07, 6.45) is 1.71. The van der Waals surface area contributed by atoms with E-state index in [0.29, 0.717) is 5.69 Å². The van der Waals surface area contributed by atoms with Crippen molar-refractivity contribution in [1.29, 1.82) is 0 Å². The van der Waals surface area contributed by atoms with Crippen molar-refractivity contribution in [3.63, 3.8) is 0 Å². The van der Waals surface area contributed by atoms with Gasteiger partial charge in [0.25, 0.3) is 5.91 Å². The highest BCUT2D eigenvalue weighted by Gasteiger charge is 2.17. The number of aromatic amines is 1. The van der Waals surface area contributed by atoms with Gasteiger partial charge in [-0.2, -0.15) is 5.10 Å². The van der Waals surface area contributed by atoms with E-state index < -0.39 is 0 Å². The van der Waals surface area contributed by atoms with Crippen LogP contribution in [-0.4, -0.2) is 21.1 Å². The van der Waals surface area contributed by atoms with Crippen LogP contribution in [0, 0.1) is 0 Å². The number of rotatable bonds is 3. The van der Waals surface area contributed by atoms with Crippen molar-refractivity contribution in [2.45, 2.75) is 13.0 Å². The molecule has 0 fully saturated rings. The predicted octanol–water partition coefficient (Wildman–Crippen LogP) is 3.21. The molecule has 0 bridgehead atoms. The third kappa shape index (κ3) is 2.80. The molecule has 1 atom stereocenters. The Kier molecular flexibility index (Phi) is 3.70. The number of H-pyrrole nitrogens is 1. The molecule has 0 saturated carbocycles. The highest BCUT2D eigenvalue weighted by Crippen LogP contribution is 2.21. The standard InChI is InChI=1S/C15H13BrN4O/c1-9(12-4-2-3-7-17-12)18-15(21)14-11-8-10(16)5-6-13(11)19-20-14/h2-9H,1H3,(H,18,21)(H,19,20)/t9-/m1/s1. The third-order valence-electron chi connectivity index (χ3n) is 3.22. The normalized spacial score (nSPS) is 12.3. The maximum atomic E-state index is 12.4. The monoisotopic (exact) mass is 344 g/mol. The van der Waals surface area contributed by atoms with E-state index in [1.165, 1.54) is 0 Å². The summed E-state index contributed by atoms with van der Waals surface area (Å²) in [5.41, 5.74) is 2.02. The van der Waals surface area contributed by atoms with Crippen LogP contribution in [0.3, 0.4) is 0 Å². The van der Waals surface area contributed by atoms with Crippen molar-refractivity contribution >= 4 is 32.7 Å². The molecular weight excluding hydrogens is 332 g/mol. The Morgan fingerprint density at radius 3 is 2.95 bits per heavy atom. The summed E-state index contributed by atoms with van der Waals surface area (Å²) in [5, 5.41) is 10.7. The fourth-order valence-corrected chi connectivity index (χ4v) is 2.49. The van der Waals surface area contributed by atoms with E-state index in [0.717, 1.165) is 21.1 Å². The number of hydrogen-bond acceptors (Lipinski definition) is 3. The number of aromatic nitrogens is 3. The number of nitrogens with zero attached hydrogens (tertiary/aromatic N) is 2. The summed E-state index contributed by atoms with van der Waals surface area (Å²) in [7, 11) is 0. The Labute approximate surface area is 129 Å². The molecule has 1 aromatic carbocycles. The van der Waals surface area contributed by atoms with E-state index in [-0.39, 0.29) is 11.9 Å². The molecule has 0 spiro atoms. The molecule has 0 unspecified atom stereocenters. The van der Waals surface area contributed by atoms with E-state index in [1.54, 1.807) is 6.20 Å². The fourth-order valence-electron chi connectivity index (χ4n) is 2.13. The first-order chi connectivity index (χ1) is 10.1. The quantitative estimate of drug-likeness (QED) is 0.766. The predicted molar refractivity (Wildman–Crippen MR) is 83.9 cm³/mol. The Hall–Kier alpha value is -2.21. The molecule has 3 aromatic rings. The van der Waals surface area contributed by atoms with E-state index in [4.69, 9.17) is 0 Å². The van der Waals surface area contributed by atoms with Gasteiger partial charge in [-0.05, 0) is 37.3 Å². The zero-order chi connectivity index (χ0) is 14.8. The van der Waals surface area contributed by atoms with Gasteiger partial charge in [0.2, 0.25) is 0 Å². The minimum absolute atomic E-state index is 0.183. The van der Waals surface area contributed by atoms with Crippen LogP contribution in [0.5, 0.6) is 0 Å². The number of carbonyl (C=O) groups is 1. The number of amides is 1. The largest absolute Gasteiger partial charge is 0.343 e. The number of pyridine rings is 1. The molecule has 5 nitrogen and oxygen atoms in total. The summed E-state index contributed by atoms with van der Waals surface area (Å²) >= 11 is 3.40. The maximum Gasteiger partial charge on any atom is 0.272 e. The van der Waals surface area contributed by atoms with Gasteiger partial charge in [0.05, 0.1) is 17.3 Å². The number of benzene rings is 1. The maximum absolute atomic E-state index is 12.4. The Balaban J connectivity index is 1.86. The summed E-state index contributed by atoms with van der Waals surface area (Å²) in [5.74, 6) is -0.225. The van der Waals surface area contributed by atoms with Crippen molar-refractivity contribution in [3.05, 3.63) is 58.5 Å². The second-order valence-corrected chi connectivity index (χ2v) is 5.63. The number of carbonyl (C=O) groups excluding carboxylic acids is 1. The summed E-state index contributed by atoms with van der Waals surface area (Å²) < 4.78 is 0.906. The number of fused-ring (bicyclic) bond motifs is 1. The lowest BCUT2D eigenvalue weighted by molar-refractivity contribution is 0.0935. The van der Waals surface area contributed by atoms with Crippen molar-refractivity contribution in [2.24, 2.45) is 0 Å². The molecule has 0 aliphatic heterocycles. The van der Waals surface area contributed by atoms with Crippen molar-refractivity contribution in [1.82, 2.24) is 20.5 Å². The minimum Gasteiger partial charge on any atom is -0.343 e. The highest BCUT2D eigenvalue weighted by atomic mass is 79.9. The average molecular weight is 345 g/mol. The van der Waals surface area contributed by atoms with E-state index >= 15 is 0 Å². The van der Waals surface area contributed by atoms with Crippen LogP contribution in [0.15, 0.2) is 47.1 Å². The van der Waals surface area contributed by atoms with Crippen LogP contribution < -0.4 is 5.32 Å². The van der Waals surface area contributed by atoms with Gasteiger partial charge in [-0.25, -0.2) is 0 Å². The summed E-state index contributed by atoms with van der Waals surface area (Å²) in [4.78, 5) is 16.6. The second kappa shape index (κ2) is 5.65. The zero-order valence-corrected chi connectivity index (χ0v) is 12.9. The van der Waals surface area contributed by atoms with Crippen LogP contribution in [0.25, 0.3) is 10.9 Å². The first kappa shape index (κ1) is 13.8. The molecule has 2 aromatic heterocycles. The number of hydrogen-bond donors (Lipinski definition) is 2. The van der Waals surface area contributed by atoms with Gasteiger partial charge < -0.3 is 5.32 Å². The lowest BCUT2D eigenvalue weighted by Crippen LogP contribution is -2.27. The van der Waals surface area contributed by atoms with Gasteiger partial charge >= 0.3 is 0 Å². The van der Waals surface area contributed by atoms with Gasteiger partial charge in [0, 0.05) is 16.1 Å². The van der Waals surface area contributed by atoms with Crippen LogP contribution in [-0.2, 0) is 0 Å². The molecule has 6 heteroatoms. The summed E-state index contributed by atoms with van der Waals surface area (Å²) in [6.45, 7) is 1.89. The van der Waals surface area contributed by atoms with Crippen molar-refractivity contribution in [2.75, 3.05) is 0 Å². The molecule has 0 saturated heterocycles. The van der Waals surface area contributed by atoms with Gasteiger partial charge in [-0.3, -0.25) is 14.9 Å². The van der Waals surface area contributed by atoms with E-state index in [9.17, 15) is 4.79 Å². The number of nitrogens with one attached hydrogen (secondary N) is 2. The van der Waals surface area contributed by atoms with Crippen LogP contribution in [0.1, 0.15) is 29.1 Å². The molecule has 1 amide bonds. The molecule has 2 heterocycles. The molecule has 0 radical (unpaired) electrons. The molecule has 0 aliphatic rings. The third-order valence-corrected chi connectivity index (χ3v) is 3.71. The average Bonchev–Trinajstić information content (AvgIpc) is 2.91. The smallest absolute Gasteiger partial charge is 0.272 e. The van der Waals surface area contributed by atoms with Crippen molar-refractivity contribution in [3.8, 4) is 0 Å². The Morgan fingerprint density at radius 1 is 1.33 bits per heavy atom. The lowest BCUT2D eigenvalue weighted by Gasteiger charge is -2.12. The van der Waals surface area contributed by atoms with E-state index in [2.05, 4.69) is 36.4 Å². The topological polar surface area (TPSA) is 70.7 Å². The first-order valence-electron chi connectivity index (χ1n) is 6.50. The van der Waals surface area contributed by atoms with Gasteiger partial charge in [-0.1, -0.05) is 22.0 Å². The van der Waals surface area contributed by atoms with E-state index in [1.807, 2.05) is 43.3 Å². The van der Waals surface area contributed by atoms with Gasteiger partial charge in [-0.15, -0.1) is 0 Å². The van der Waals surface area contributed by atoms with Gasteiger partial charge in [0.1, 0.15) is 0 Å². The zero-order valence-electron chi connectivity index (χ0n) is 11.3. The Bertz CT molecular complexity index is 785. The molecule has 21 heavy (non-hydrogen) atoms. The SMILES string of the molecule is C[C@@H](NC(=O)c1n[nH]c2ccc(Br)cc12)c1ccccn1. The summed E-state index contributed by atoms with van der Waals surface area (Å²) in [6, 6.07) is 11.1. The van der Waals surface area contributed by atoms with Crippen LogP contribution >= 0.6 is 15.9 Å². The lowest BCUT2D eigenvalue weighted by atomic mass is 10.1. The Morgan fingerprint density at radius 2 is 2.19 bits per heavy atom. The molecular formula is C15H13BrN4O. The molecule has 3 rings (SSSR count).